The number of nitrogen functional groups attached to an aromatic ring is 1. The highest BCUT2D eigenvalue weighted by molar-refractivity contribution is 5.46. The van der Waals surface area contributed by atoms with Crippen LogP contribution in [0.2, 0.25) is 0 Å². The van der Waals surface area contributed by atoms with Crippen molar-refractivity contribution < 1.29 is 4.74 Å². The van der Waals surface area contributed by atoms with Gasteiger partial charge in [0.25, 0.3) is 0 Å². The number of ether oxygens (including phenoxy) is 1. The molecule has 4 nitrogen and oxygen atoms in total. The first-order chi connectivity index (χ1) is 9.26. The number of anilines is 1. The van der Waals surface area contributed by atoms with Gasteiger partial charge in [-0.2, -0.15) is 0 Å². The third-order valence-electron chi connectivity index (χ3n) is 3.46. The summed E-state index contributed by atoms with van der Waals surface area (Å²) in [6.07, 6.45) is 1.75. The number of aromatic nitrogens is 1. The Morgan fingerprint density at radius 1 is 1.26 bits per heavy atom. The lowest BCUT2D eigenvalue weighted by Gasteiger charge is -2.16. The second-order valence-corrected chi connectivity index (χ2v) is 4.85. The Morgan fingerprint density at radius 3 is 2.95 bits per heavy atom. The van der Waals surface area contributed by atoms with Crippen molar-refractivity contribution in [3.63, 3.8) is 0 Å². The molecule has 0 bridgehead atoms. The molecule has 1 aromatic heterocycles. The van der Waals surface area contributed by atoms with Gasteiger partial charge in [0.1, 0.15) is 0 Å². The first-order valence-corrected chi connectivity index (χ1v) is 6.34. The van der Waals surface area contributed by atoms with Crippen molar-refractivity contribution in [3.8, 4) is 5.88 Å². The van der Waals surface area contributed by atoms with Gasteiger partial charge in [0.15, 0.2) is 0 Å². The molecule has 0 amide bonds. The maximum atomic E-state index is 5.83. The first kappa shape index (κ1) is 12.0. The van der Waals surface area contributed by atoms with Gasteiger partial charge < -0.3 is 10.5 Å². The number of methoxy groups -OCH3 is 1. The third kappa shape index (κ3) is 2.39. The quantitative estimate of drug-likeness (QED) is 0.854. The van der Waals surface area contributed by atoms with Crippen molar-refractivity contribution in [1.29, 1.82) is 0 Å². The molecular formula is C15H17N3O. The zero-order valence-electron chi connectivity index (χ0n) is 11.0. The van der Waals surface area contributed by atoms with Gasteiger partial charge in [-0.05, 0) is 29.3 Å². The van der Waals surface area contributed by atoms with Gasteiger partial charge in [-0.1, -0.05) is 12.1 Å². The van der Waals surface area contributed by atoms with Crippen LogP contribution in [-0.4, -0.2) is 17.0 Å². The topological polar surface area (TPSA) is 51.4 Å². The second kappa shape index (κ2) is 4.90. The zero-order chi connectivity index (χ0) is 13.2. The molecule has 1 aliphatic heterocycles. The van der Waals surface area contributed by atoms with Crippen LogP contribution in [-0.2, 0) is 19.6 Å². The Hall–Kier alpha value is -2.07. The Balaban J connectivity index is 1.77. The zero-order valence-corrected chi connectivity index (χ0v) is 11.0. The third-order valence-corrected chi connectivity index (χ3v) is 3.46. The van der Waals surface area contributed by atoms with E-state index in [2.05, 4.69) is 28.1 Å². The van der Waals surface area contributed by atoms with E-state index in [4.69, 9.17) is 10.5 Å². The molecule has 0 saturated carbocycles. The molecule has 0 spiro atoms. The van der Waals surface area contributed by atoms with E-state index >= 15 is 0 Å². The fourth-order valence-electron chi connectivity index (χ4n) is 2.57. The van der Waals surface area contributed by atoms with E-state index in [1.54, 1.807) is 13.3 Å². The Kier molecular flexibility index (Phi) is 3.09. The monoisotopic (exact) mass is 255 g/mol. The van der Waals surface area contributed by atoms with Crippen molar-refractivity contribution in [2.24, 2.45) is 0 Å². The lowest BCUT2D eigenvalue weighted by Crippen LogP contribution is -2.16. The van der Waals surface area contributed by atoms with E-state index in [0.29, 0.717) is 5.88 Å². The summed E-state index contributed by atoms with van der Waals surface area (Å²) in [5.74, 6) is 0.706. The van der Waals surface area contributed by atoms with E-state index in [-0.39, 0.29) is 0 Å². The van der Waals surface area contributed by atoms with Crippen LogP contribution in [0.1, 0.15) is 16.7 Å². The maximum absolute atomic E-state index is 5.83. The molecule has 2 N–H and O–H groups in total. The lowest BCUT2D eigenvalue weighted by atomic mass is 10.1. The molecule has 4 heteroatoms. The number of nitrogens with zero attached hydrogens (tertiary/aromatic N) is 2. The fraction of sp³-hybridized carbons (Fsp3) is 0.267. The van der Waals surface area contributed by atoms with Crippen LogP contribution in [0.3, 0.4) is 0 Å². The predicted octanol–water partition coefficient (Wildman–Crippen LogP) is 2.19. The molecule has 0 atom stereocenters. The van der Waals surface area contributed by atoms with Crippen molar-refractivity contribution in [1.82, 2.24) is 9.88 Å². The van der Waals surface area contributed by atoms with Gasteiger partial charge in [0.2, 0.25) is 5.88 Å². The second-order valence-electron chi connectivity index (χ2n) is 4.85. The Labute approximate surface area is 112 Å². The number of hydrogen-bond acceptors (Lipinski definition) is 4. The number of benzene rings is 1. The minimum absolute atomic E-state index is 0.706. The summed E-state index contributed by atoms with van der Waals surface area (Å²) in [6.45, 7) is 2.72. The lowest BCUT2D eigenvalue weighted by molar-refractivity contribution is 0.268. The highest BCUT2D eigenvalue weighted by Gasteiger charge is 2.20. The number of rotatable bonds is 3. The van der Waals surface area contributed by atoms with Crippen LogP contribution >= 0.6 is 0 Å². The van der Waals surface area contributed by atoms with Crippen molar-refractivity contribution in [2.45, 2.75) is 19.6 Å². The largest absolute Gasteiger partial charge is 0.481 e. The standard InChI is InChI=1S/C15H17N3O/c1-19-15-12(3-2-6-17-15)9-18-8-11-4-5-14(16)7-13(11)10-18/h2-7H,8-10,16H2,1H3. The van der Waals surface area contributed by atoms with Crippen LogP contribution < -0.4 is 10.5 Å². The van der Waals surface area contributed by atoms with Crippen LogP contribution in [0, 0.1) is 0 Å². The molecule has 1 aromatic carbocycles. The average molecular weight is 255 g/mol. The molecule has 98 valence electrons. The van der Waals surface area contributed by atoms with E-state index in [1.807, 2.05) is 12.1 Å². The Morgan fingerprint density at radius 2 is 2.11 bits per heavy atom. The maximum Gasteiger partial charge on any atom is 0.217 e. The number of pyridine rings is 1. The first-order valence-electron chi connectivity index (χ1n) is 6.34. The van der Waals surface area contributed by atoms with Crippen molar-refractivity contribution in [2.75, 3.05) is 12.8 Å². The van der Waals surface area contributed by atoms with Crippen LogP contribution in [0.25, 0.3) is 0 Å². The van der Waals surface area contributed by atoms with Gasteiger partial charge >= 0.3 is 0 Å². The Bertz CT molecular complexity index is 598. The average Bonchev–Trinajstić information content (AvgIpc) is 2.80. The van der Waals surface area contributed by atoms with Crippen molar-refractivity contribution in [3.05, 3.63) is 53.2 Å². The summed E-state index contributed by atoms with van der Waals surface area (Å²) in [7, 11) is 1.66. The van der Waals surface area contributed by atoms with E-state index < -0.39 is 0 Å². The molecule has 3 rings (SSSR count). The van der Waals surface area contributed by atoms with Crippen LogP contribution in [0.5, 0.6) is 5.88 Å². The molecule has 19 heavy (non-hydrogen) atoms. The smallest absolute Gasteiger partial charge is 0.217 e. The SMILES string of the molecule is COc1ncccc1CN1Cc2ccc(N)cc2C1. The predicted molar refractivity (Wildman–Crippen MR) is 74.6 cm³/mol. The molecule has 0 saturated heterocycles. The fourth-order valence-corrected chi connectivity index (χ4v) is 2.57. The molecular weight excluding hydrogens is 238 g/mol. The summed E-state index contributed by atoms with van der Waals surface area (Å²) < 4.78 is 5.29. The number of nitrogens with two attached hydrogens (primary N) is 1. The van der Waals surface area contributed by atoms with Gasteiger partial charge in [-0.3, -0.25) is 4.90 Å². The molecule has 0 unspecified atom stereocenters. The van der Waals surface area contributed by atoms with Gasteiger partial charge in [0.05, 0.1) is 7.11 Å². The van der Waals surface area contributed by atoms with Gasteiger partial charge in [-0.25, -0.2) is 4.98 Å². The minimum atomic E-state index is 0.706. The molecule has 0 fully saturated rings. The number of fused-ring (bicyclic) bond motifs is 1. The molecule has 0 aliphatic carbocycles. The summed E-state index contributed by atoms with van der Waals surface area (Å²) in [5, 5.41) is 0. The van der Waals surface area contributed by atoms with Gasteiger partial charge in [-0.15, -0.1) is 0 Å². The molecule has 0 radical (unpaired) electrons. The normalized spacial score (nSPS) is 14.4. The summed E-state index contributed by atoms with van der Waals surface area (Å²) in [6, 6.07) is 10.1. The summed E-state index contributed by atoms with van der Waals surface area (Å²) in [4.78, 5) is 6.60. The van der Waals surface area contributed by atoms with E-state index in [1.165, 1.54) is 11.1 Å². The number of hydrogen-bond donors (Lipinski definition) is 1. The summed E-state index contributed by atoms with van der Waals surface area (Å²) in [5.41, 5.74) is 10.5. The van der Waals surface area contributed by atoms with E-state index in [0.717, 1.165) is 30.9 Å². The van der Waals surface area contributed by atoms with E-state index in [9.17, 15) is 0 Å². The highest BCUT2D eigenvalue weighted by Crippen LogP contribution is 2.27. The highest BCUT2D eigenvalue weighted by atomic mass is 16.5. The molecule has 2 aromatic rings. The van der Waals surface area contributed by atoms with Crippen LogP contribution in [0.15, 0.2) is 36.5 Å². The molecule has 2 heterocycles. The summed E-state index contributed by atoms with van der Waals surface area (Å²) >= 11 is 0. The van der Waals surface area contributed by atoms with Crippen molar-refractivity contribution >= 4 is 5.69 Å². The molecule has 1 aliphatic rings. The minimum Gasteiger partial charge on any atom is -0.481 e. The van der Waals surface area contributed by atoms with Crippen LogP contribution in [0.4, 0.5) is 5.69 Å². The van der Waals surface area contributed by atoms with Gasteiger partial charge in [0, 0.05) is 37.1 Å².